The number of allylic oxidation sites excluding steroid dienone is 12. The van der Waals surface area contributed by atoms with Crippen LogP contribution in [0.3, 0.4) is 0 Å². The fraction of sp³-hybridized carbons (Fsp3) is 0.153. The number of H-pyrrole nitrogens is 1. The molecule has 0 spiro atoms. The normalized spacial score (nSPS) is 14.8. The van der Waals surface area contributed by atoms with Crippen molar-refractivity contribution in [2.75, 3.05) is 0 Å². The highest BCUT2D eigenvalue weighted by atomic mass is 35.5. The van der Waals surface area contributed by atoms with Gasteiger partial charge in [0.15, 0.2) is 0 Å². The van der Waals surface area contributed by atoms with E-state index in [1.807, 2.05) is 140 Å². The first-order valence-electron chi connectivity index (χ1n) is 46.8. The van der Waals surface area contributed by atoms with E-state index in [2.05, 4.69) is 256 Å². The van der Waals surface area contributed by atoms with Gasteiger partial charge in [-0.15, -0.1) is 0 Å². The molecule has 0 amide bonds. The standard InChI is InChI=1S/C19H19N.C18H16ClN.C18H13F4N.C18H17N.C17H13Cl2N.C17H14FN.C16H12ClFN2.CH4/c1-14-8-6-11-17(15(14)2)19(18-12-7-13-20-18)16-9-4-3-5-10-16;1-13-15(9-5-10-16(13)19)18(17-11-6-12-20-17)14-7-3-2-4-8-14;19-17-13(8-4-9-14(17)18(20,21)22)16(15-10-5-11-23-15)12-6-2-1-3-7-12;1-14-8-5-6-11-16(14)18(17-12-7-13-19-17)15-9-3-2-4-10-15;18-14-9-4-8-13(17(14)19)16(15-10-5-11-20-15)12-6-2-1-3-7-12;18-15-9-4-8-14(12-15)17(16-10-5-11-19-16)13-6-2-1-3-7-13;17-13-8-4-7-12(16(13)18)15(14-9-19-10-20-14)11-5-2-1-3-6-11;/h3-6,8-13,19H,7H2,1-2H3;2-5,7-12,18H,6H2,1H3;1-4,6-11,16H,5H2;2-6,8-13,18H,7H2,1H3;1-4,6-11,16H,5H2;1-4,6-12,17H,5H2;1-10,15H,(H,19,20);1H4. The van der Waals surface area contributed by atoms with Crippen molar-refractivity contribution in [2.24, 2.45) is 30.0 Å². The fourth-order valence-electron chi connectivity index (χ4n) is 18.1. The summed E-state index contributed by atoms with van der Waals surface area (Å²) in [5, 5.41) is 2.12. The molecule has 142 heavy (non-hydrogen) atoms. The maximum atomic E-state index is 14.6. The lowest BCUT2D eigenvalue weighted by Crippen LogP contribution is -2.13. The summed E-state index contributed by atoms with van der Waals surface area (Å²) in [6.45, 7) is 8.63. The molecule has 1 N–H and O–H groups in total. The second-order valence-corrected chi connectivity index (χ2v) is 35.7. The summed E-state index contributed by atoms with van der Waals surface area (Å²) >= 11 is 24.8. The van der Waals surface area contributed by atoms with Crippen LogP contribution >= 0.6 is 46.4 Å². The van der Waals surface area contributed by atoms with E-state index in [-0.39, 0.29) is 59.3 Å². The van der Waals surface area contributed by atoms with Crippen molar-refractivity contribution in [3.8, 4) is 0 Å². The molecule has 714 valence electrons. The topological polar surface area (TPSA) is 103 Å². The van der Waals surface area contributed by atoms with Gasteiger partial charge in [-0.1, -0.05) is 406 Å². The molecule has 0 radical (unpaired) electrons. The Morgan fingerprint density at radius 2 is 0.570 bits per heavy atom. The van der Waals surface area contributed by atoms with Crippen LogP contribution in [0.1, 0.15) is 199 Å². The highest BCUT2D eigenvalue weighted by Gasteiger charge is 2.38. The van der Waals surface area contributed by atoms with Gasteiger partial charge < -0.3 is 4.98 Å². The number of aliphatic imine (C=N–C) groups is 6. The summed E-state index contributed by atoms with van der Waals surface area (Å²) in [4.78, 5) is 33.9. The number of nitrogens with one attached hydrogen (secondary N) is 1. The van der Waals surface area contributed by atoms with Crippen LogP contribution in [-0.4, -0.2) is 47.3 Å². The average Bonchev–Trinajstić information content (AvgIpc) is 1.30. The molecule has 7 heterocycles. The molecule has 0 aliphatic carbocycles. The maximum absolute atomic E-state index is 14.6. The van der Waals surface area contributed by atoms with E-state index in [1.165, 1.54) is 85.2 Å². The summed E-state index contributed by atoms with van der Waals surface area (Å²) in [6.07, 6.45) is 27.8. The number of hydrogen-bond acceptors (Lipinski definition) is 7. The first-order chi connectivity index (χ1) is 68.8. The summed E-state index contributed by atoms with van der Waals surface area (Å²) in [5.74, 6) is -2.05. The third-order valence-corrected chi connectivity index (χ3v) is 26.6. The number of benzene rings is 14. The minimum absolute atomic E-state index is 0. The van der Waals surface area contributed by atoms with Gasteiger partial charge >= 0.3 is 6.18 Å². The van der Waals surface area contributed by atoms with Crippen molar-refractivity contribution in [3.05, 3.63) is 584 Å². The number of halogens is 10. The first-order valence-corrected chi connectivity index (χ1v) is 48.3. The van der Waals surface area contributed by atoms with E-state index in [0.717, 1.165) is 93.8 Å². The summed E-state index contributed by atoms with van der Waals surface area (Å²) in [6, 6.07) is 113. The molecule has 7 atom stereocenters. The van der Waals surface area contributed by atoms with Gasteiger partial charge in [-0.3, -0.25) is 30.0 Å². The zero-order chi connectivity index (χ0) is 98.4. The molecule has 0 saturated heterocycles. The highest BCUT2D eigenvalue weighted by Crippen LogP contribution is 2.46. The van der Waals surface area contributed by atoms with Crippen molar-refractivity contribution in [1.82, 2.24) is 9.97 Å². The zero-order valence-electron chi connectivity index (χ0n) is 78.3. The quantitative estimate of drug-likeness (QED) is 0.0712. The van der Waals surface area contributed by atoms with Gasteiger partial charge in [0.2, 0.25) is 0 Å². The lowest BCUT2D eigenvalue weighted by Gasteiger charge is -2.21. The lowest BCUT2D eigenvalue weighted by molar-refractivity contribution is -0.140. The van der Waals surface area contributed by atoms with Gasteiger partial charge in [-0.2, -0.15) is 13.2 Å². The van der Waals surface area contributed by atoms with E-state index in [9.17, 15) is 26.3 Å². The van der Waals surface area contributed by atoms with E-state index in [4.69, 9.17) is 46.4 Å². The molecule has 6 aliphatic heterocycles. The van der Waals surface area contributed by atoms with Crippen molar-refractivity contribution in [3.63, 3.8) is 0 Å². The Hall–Kier alpha value is -14.5. The molecule has 8 nitrogen and oxygen atoms in total. The van der Waals surface area contributed by atoms with Crippen LogP contribution in [0, 0.1) is 45.1 Å². The van der Waals surface area contributed by atoms with E-state index in [1.54, 1.807) is 85.5 Å². The minimum atomic E-state index is -4.73. The molecular formula is C124H108Cl4F6N8. The van der Waals surface area contributed by atoms with Crippen LogP contribution in [0.2, 0.25) is 20.1 Å². The van der Waals surface area contributed by atoms with Gasteiger partial charge in [-0.25, -0.2) is 18.2 Å². The molecule has 14 aromatic carbocycles. The van der Waals surface area contributed by atoms with Gasteiger partial charge in [0.1, 0.15) is 17.5 Å². The average molecular weight is 1970 g/mol. The number of imidazole rings is 1. The highest BCUT2D eigenvalue weighted by molar-refractivity contribution is 6.42. The summed E-state index contributed by atoms with van der Waals surface area (Å²) < 4.78 is 81.4. The predicted molar refractivity (Wildman–Crippen MR) is 579 cm³/mol. The molecule has 15 aromatic rings. The SMILES string of the molecule is C.Cc1c(Cl)cccc1C(C1=CCC=N1)c1ccccc1.Cc1cccc(C(C2=CCC=N2)c2ccccc2)c1C.Cc1ccccc1C(C1=CCC=N1)c1ccccc1.Clc1cccc(C(C2=CCC=N2)c2ccccc2)c1Cl.Fc1c(C(C2=CCC=N2)c2ccccc2)cccc1C(F)(F)F.Fc1c(Cl)cccc1C(c1ccccc1)c1cnc[nH]1.Fc1cccc(C(C2=CCC=N2)c2ccccc2)c1. The van der Waals surface area contributed by atoms with Crippen molar-refractivity contribution in [2.45, 2.75) is 121 Å². The van der Waals surface area contributed by atoms with E-state index >= 15 is 0 Å². The Labute approximate surface area is 849 Å². The van der Waals surface area contributed by atoms with Gasteiger partial charge in [-0.05, 0) is 153 Å². The number of nitrogens with zero attached hydrogens (tertiary/aromatic N) is 7. The van der Waals surface area contributed by atoms with Crippen molar-refractivity contribution < 1.29 is 26.3 Å². The first kappa shape index (κ1) is 103. The molecule has 0 bridgehead atoms. The summed E-state index contributed by atoms with van der Waals surface area (Å²) in [5.41, 5.74) is 25.0. The molecule has 0 fully saturated rings. The second-order valence-electron chi connectivity index (χ2n) is 34.1. The van der Waals surface area contributed by atoms with Gasteiger partial charge in [0.25, 0.3) is 0 Å². The maximum Gasteiger partial charge on any atom is 0.419 e. The number of alkyl halides is 3. The van der Waals surface area contributed by atoms with Crippen LogP contribution in [-0.2, 0) is 6.18 Å². The molecular weight excluding hydrogens is 1860 g/mol. The molecule has 7 unspecified atom stereocenters. The molecule has 0 saturated carbocycles. The number of hydrogen-bond donors (Lipinski definition) is 1. The molecule has 21 rings (SSSR count). The zero-order valence-corrected chi connectivity index (χ0v) is 81.3. The number of rotatable bonds is 21. The Bertz CT molecular complexity index is 6830. The van der Waals surface area contributed by atoms with Crippen molar-refractivity contribution in [1.29, 1.82) is 0 Å². The molecule has 6 aliphatic rings. The molecule has 18 heteroatoms. The van der Waals surface area contributed by atoms with Crippen LogP contribution in [0.4, 0.5) is 26.3 Å². The monoisotopic (exact) mass is 1960 g/mol. The summed E-state index contributed by atoms with van der Waals surface area (Å²) in [7, 11) is 0. The fourth-order valence-corrected chi connectivity index (χ4v) is 18.9. The third-order valence-electron chi connectivity index (χ3n) is 25.1. The number of aromatic amines is 1. The Morgan fingerprint density at radius 3 is 0.958 bits per heavy atom. The Kier molecular flexibility index (Phi) is 37.2. The van der Waals surface area contributed by atoms with E-state index < -0.39 is 29.3 Å². The smallest absolute Gasteiger partial charge is 0.348 e. The van der Waals surface area contributed by atoms with Crippen molar-refractivity contribution >= 4 is 83.7 Å². The van der Waals surface area contributed by atoms with Crippen LogP contribution in [0.15, 0.2) is 465 Å². The predicted octanol–water partition coefficient (Wildman–Crippen LogP) is 34.6. The molecule has 1 aromatic heterocycles. The van der Waals surface area contributed by atoms with Crippen LogP contribution in [0.5, 0.6) is 0 Å². The van der Waals surface area contributed by atoms with E-state index in [0.29, 0.717) is 33.3 Å². The third kappa shape index (κ3) is 26.4. The largest absolute Gasteiger partial charge is 0.419 e. The van der Waals surface area contributed by atoms with Gasteiger partial charge in [0.05, 0.1) is 68.4 Å². The number of aromatic nitrogens is 2. The Balaban J connectivity index is 0.000000132. The van der Waals surface area contributed by atoms with Gasteiger partial charge in [0, 0.05) is 138 Å². The minimum Gasteiger partial charge on any atom is -0.348 e. The Morgan fingerprint density at radius 1 is 0.275 bits per heavy atom. The lowest BCUT2D eigenvalue weighted by atomic mass is 9.85. The number of aryl methyl sites for hydroxylation is 2. The van der Waals surface area contributed by atoms with Crippen LogP contribution < -0.4 is 0 Å². The second kappa shape index (κ2) is 51.1. The van der Waals surface area contributed by atoms with Crippen LogP contribution in [0.25, 0.3) is 0 Å².